The number of anilines is 2. The standard InChI is InChI=1S/C19H18F2N2O2/c1-2-11-3-5-12(6-4-11)22-18(24)14-10-15(14)19(25)23-13-7-8-16(20)17(21)9-13/h3-9,14-15H,2,10H2,1H3,(H,22,24)(H,23,25). The van der Waals surface area contributed by atoms with Gasteiger partial charge in [-0.2, -0.15) is 0 Å². The van der Waals surface area contributed by atoms with Crippen molar-refractivity contribution < 1.29 is 18.4 Å². The van der Waals surface area contributed by atoms with Crippen molar-refractivity contribution in [2.24, 2.45) is 11.8 Å². The van der Waals surface area contributed by atoms with E-state index in [9.17, 15) is 18.4 Å². The summed E-state index contributed by atoms with van der Waals surface area (Å²) in [6.45, 7) is 2.05. The Bertz CT molecular complexity index is 806. The van der Waals surface area contributed by atoms with Crippen LogP contribution in [-0.2, 0) is 16.0 Å². The van der Waals surface area contributed by atoms with E-state index in [1.54, 1.807) is 0 Å². The summed E-state index contributed by atoms with van der Waals surface area (Å²) >= 11 is 0. The number of hydrogen-bond acceptors (Lipinski definition) is 2. The van der Waals surface area contributed by atoms with Gasteiger partial charge in [0.15, 0.2) is 11.6 Å². The van der Waals surface area contributed by atoms with Crippen LogP contribution >= 0.6 is 0 Å². The zero-order chi connectivity index (χ0) is 18.0. The Morgan fingerprint density at radius 3 is 2.04 bits per heavy atom. The van der Waals surface area contributed by atoms with E-state index in [4.69, 9.17) is 0 Å². The van der Waals surface area contributed by atoms with Crippen LogP contribution in [0.4, 0.5) is 20.2 Å². The average molecular weight is 344 g/mol. The molecule has 2 aromatic rings. The fourth-order valence-electron chi connectivity index (χ4n) is 2.64. The number of amides is 2. The third kappa shape index (κ3) is 4.02. The lowest BCUT2D eigenvalue weighted by Gasteiger charge is -2.07. The Labute approximate surface area is 144 Å². The zero-order valence-electron chi connectivity index (χ0n) is 13.7. The van der Waals surface area contributed by atoms with Crippen LogP contribution in [0.25, 0.3) is 0 Å². The Morgan fingerprint density at radius 1 is 0.920 bits per heavy atom. The van der Waals surface area contributed by atoms with Gasteiger partial charge in [0.25, 0.3) is 0 Å². The van der Waals surface area contributed by atoms with Gasteiger partial charge in [-0.25, -0.2) is 8.78 Å². The lowest BCUT2D eigenvalue weighted by atomic mass is 10.1. The fourth-order valence-corrected chi connectivity index (χ4v) is 2.64. The molecule has 1 aliphatic carbocycles. The molecule has 6 heteroatoms. The van der Waals surface area contributed by atoms with Crippen molar-refractivity contribution >= 4 is 23.2 Å². The number of carbonyl (C=O) groups excluding carboxylic acids is 2. The van der Waals surface area contributed by atoms with E-state index in [0.717, 1.165) is 18.6 Å². The van der Waals surface area contributed by atoms with Crippen molar-refractivity contribution in [2.75, 3.05) is 10.6 Å². The zero-order valence-corrected chi connectivity index (χ0v) is 13.7. The van der Waals surface area contributed by atoms with Crippen LogP contribution in [0.15, 0.2) is 42.5 Å². The van der Waals surface area contributed by atoms with Gasteiger partial charge in [0.05, 0.1) is 11.8 Å². The predicted molar refractivity (Wildman–Crippen MR) is 91.0 cm³/mol. The van der Waals surface area contributed by atoms with Gasteiger partial charge < -0.3 is 10.6 Å². The minimum absolute atomic E-state index is 0.171. The lowest BCUT2D eigenvalue weighted by molar-refractivity contribution is -0.122. The summed E-state index contributed by atoms with van der Waals surface area (Å²) in [4.78, 5) is 24.3. The highest BCUT2D eigenvalue weighted by Gasteiger charge is 2.48. The number of hydrogen-bond donors (Lipinski definition) is 2. The van der Waals surface area contributed by atoms with Gasteiger partial charge in [0.1, 0.15) is 0 Å². The van der Waals surface area contributed by atoms with Crippen LogP contribution < -0.4 is 10.6 Å². The van der Waals surface area contributed by atoms with Gasteiger partial charge in [-0.15, -0.1) is 0 Å². The molecule has 2 unspecified atom stereocenters. The summed E-state index contributed by atoms with van der Waals surface area (Å²) < 4.78 is 26.0. The van der Waals surface area contributed by atoms with E-state index in [1.165, 1.54) is 11.6 Å². The number of nitrogens with one attached hydrogen (secondary N) is 2. The summed E-state index contributed by atoms with van der Waals surface area (Å²) in [5, 5.41) is 5.30. The largest absolute Gasteiger partial charge is 0.326 e. The van der Waals surface area contributed by atoms with Crippen LogP contribution in [0.3, 0.4) is 0 Å². The number of benzene rings is 2. The van der Waals surface area contributed by atoms with Crippen molar-refractivity contribution in [2.45, 2.75) is 19.8 Å². The van der Waals surface area contributed by atoms with Crippen LogP contribution in [0.1, 0.15) is 18.9 Å². The fraction of sp³-hybridized carbons (Fsp3) is 0.263. The molecule has 2 aromatic carbocycles. The minimum Gasteiger partial charge on any atom is -0.326 e. The average Bonchev–Trinajstić information content (AvgIpc) is 3.40. The number of halogens is 2. The first-order valence-electron chi connectivity index (χ1n) is 8.13. The first kappa shape index (κ1) is 17.1. The number of aryl methyl sites for hydroxylation is 1. The van der Waals surface area contributed by atoms with E-state index in [2.05, 4.69) is 10.6 Å². The Hall–Kier alpha value is -2.76. The van der Waals surface area contributed by atoms with Crippen LogP contribution in [0.5, 0.6) is 0 Å². The van der Waals surface area contributed by atoms with Crippen LogP contribution in [0.2, 0.25) is 0 Å². The first-order chi connectivity index (χ1) is 12.0. The van der Waals surface area contributed by atoms with E-state index < -0.39 is 23.5 Å². The number of carbonyl (C=O) groups is 2. The van der Waals surface area contributed by atoms with Gasteiger partial charge in [-0.1, -0.05) is 19.1 Å². The molecule has 4 nitrogen and oxygen atoms in total. The van der Waals surface area contributed by atoms with Gasteiger partial charge in [-0.05, 0) is 42.7 Å². The molecular weight excluding hydrogens is 326 g/mol. The van der Waals surface area contributed by atoms with Crippen LogP contribution in [0, 0.1) is 23.5 Å². The highest BCUT2D eigenvalue weighted by atomic mass is 19.2. The second-order valence-electron chi connectivity index (χ2n) is 6.11. The molecule has 2 N–H and O–H groups in total. The van der Waals surface area contributed by atoms with Crippen molar-refractivity contribution in [1.29, 1.82) is 0 Å². The number of rotatable bonds is 5. The molecule has 0 bridgehead atoms. The topological polar surface area (TPSA) is 58.2 Å². The quantitative estimate of drug-likeness (QED) is 0.868. The van der Waals surface area contributed by atoms with E-state index in [0.29, 0.717) is 12.1 Å². The Kier molecular flexibility index (Phi) is 4.79. The van der Waals surface area contributed by atoms with E-state index in [1.807, 2.05) is 31.2 Å². The summed E-state index contributed by atoms with van der Waals surface area (Å²) in [5.74, 6) is -3.45. The smallest absolute Gasteiger partial charge is 0.228 e. The van der Waals surface area contributed by atoms with Gasteiger partial charge in [-0.3, -0.25) is 9.59 Å². The molecule has 1 aliphatic rings. The predicted octanol–water partition coefficient (Wildman–Crippen LogP) is 3.74. The Balaban J connectivity index is 1.54. The molecule has 1 saturated carbocycles. The SMILES string of the molecule is CCc1ccc(NC(=O)C2CC2C(=O)Nc2ccc(F)c(F)c2)cc1. The lowest BCUT2D eigenvalue weighted by Crippen LogP contribution is -2.20. The van der Waals surface area contributed by atoms with Crippen molar-refractivity contribution in [3.05, 3.63) is 59.7 Å². The molecule has 0 aromatic heterocycles. The van der Waals surface area contributed by atoms with Crippen molar-refractivity contribution in [3.8, 4) is 0 Å². The molecule has 0 spiro atoms. The second kappa shape index (κ2) is 7.01. The maximum absolute atomic E-state index is 13.2. The molecule has 2 atom stereocenters. The highest BCUT2D eigenvalue weighted by molar-refractivity contribution is 6.03. The van der Waals surface area contributed by atoms with Gasteiger partial charge >= 0.3 is 0 Å². The maximum Gasteiger partial charge on any atom is 0.228 e. The normalized spacial score (nSPS) is 18.5. The monoisotopic (exact) mass is 344 g/mol. The third-order valence-electron chi connectivity index (χ3n) is 4.28. The summed E-state index contributed by atoms with van der Waals surface area (Å²) in [7, 11) is 0. The van der Waals surface area contributed by atoms with Gasteiger partial charge in [0.2, 0.25) is 11.8 Å². The maximum atomic E-state index is 13.2. The molecule has 25 heavy (non-hydrogen) atoms. The first-order valence-corrected chi connectivity index (χ1v) is 8.13. The minimum atomic E-state index is -1.03. The molecule has 0 saturated heterocycles. The summed E-state index contributed by atoms with van der Waals surface area (Å²) in [5.41, 5.74) is 2.03. The molecular formula is C19H18F2N2O2. The third-order valence-corrected chi connectivity index (χ3v) is 4.28. The molecule has 2 amide bonds. The molecule has 0 heterocycles. The molecule has 0 aliphatic heterocycles. The summed E-state index contributed by atoms with van der Waals surface area (Å²) in [6, 6.07) is 10.7. The van der Waals surface area contributed by atoms with E-state index in [-0.39, 0.29) is 17.5 Å². The van der Waals surface area contributed by atoms with E-state index >= 15 is 0 Å². The Morgan fingerprint density at radius 2 is 1.48 bits per heavy atom. The second-order valence-corrected chi connectivity index (χ2v) is 6.11. The van der Waals surface area contributed by atoms with Gasteiger partial charge in [0, 0.05) is 17.4 Å². The summed E-state index contributed by atoms with van der Waals surface area (Å²) in [6.07, 6.45) is 1.36. The molecule has 1 fully saturated rings. The van der Waals surface area contributed by atoms with Crippen LogP contribution in [-0.4, -0.2) is 11.8 Å². The highest BCUT2D eigenvalue weighted by Crippen LogP contribution is 2.40. The molecule has 0 radical (unpaired) electrons. The van der Waals surface area contributed by atoms with Crippen molar-refractivity contribution in [1.82, 2.24) is 0 Å². The molecule has 130 valence electrons. The molecule has 3 rings (SSSR count). The van der Waals surface area contributed by atoms with Crippen molar-refractivity contribution in [3.63, 3.8) is 0 Å².